The van der Waals surface area contributed by atoms with E-state index in [1.165, 1.54) is 0 Å². The number of carbonyl (C=O) groups is 2. The maximum atomic E-state index is 12.6. The van der Waals surface area contributed by atoms with Gasteiger partial charge in [0.1, 0.15) is 42.0 Å². The van der Waals surface area contributed by atoms with Gasteiger partial charge in [0.2, 0.25) is 6.79 Å². The van der Waals surface area contributed by atoms with E-state index >= 15 is 0 Å². The molecule has 0 amide bonds. The van der Waals surface area contributed by atoms with Crippen molar-refractivity contribution in [2.45, 2.75) is 19.8 Å². The molecular weight excluding hydrogens is 608 g/mol. The molecule has 3 aromatic rings. The molecule has 11 heteroatoms. The van der Waals surface area contributed by atoms with Gasteiger partial charge in [-0.25, -0.2) is 9.59 Å². The predicted octanol–water partition coefficient (Wildman–Crippen LogP) is 5.66. The average molecular weight is 651 g/mol. The monoisotopic (exact) mass is 650 g/mol. The molecule has 4 rings (SSSR count). The Hall–Kier alpha value is -4.58. The molecule has 0 bridgehead atoms. The summed E-state index contributed by atoms with van der Waals surface area (Å²) in [4.78, 5) is 23.5. The van der Waals surface area contributed by atoms with Crippen LogP contribution < -0.4 is 23.7 Å². The van der Waals surface area contributed by atoms with Gasteiger partial charge in [0.25, 0.3) is 0 Å². The molecule has 0 saturated carbocycles. The van der Waals surface area contributed by atoms with Crippen LogP contribution in [0.4, 0.5) is 0 Å². The van der Waals surface area contributed by atoms with Gasteiger partial charge in [-0.05, 0) is 85.6 Å². The molecule has 0 unspecified atom stereocenters. The third-order valence-electron chi connectivity index (χ3n) is 6.84. The molecule has 0 atom stereocenters. The Balaban J connectivity index is 1.05. The van der Waals surface area contributed by atoms with Crippen LogP contribution in [0.25, 0.3) is 0 Å². The van der Waals surface area contributed by atoms with Gasteiger partial charge in [-0.1, -0.05) is 13.5 Å². The van der Waals surface area contributed by atoms with Gasteiger partial charge in [0.05, 0.1) is 45.2 Å². The minimum absolute atomic E-state index is 0.0128. The van der Waals surface area contributed by atoms with E-state index in [4.69, 9.17) is 42.6 Å². The maximum Gasteiger partial charge on any atom is 0.343 e. The van der Waals surface area contributed by atoms with Gasteiger partial charge in [-0.2, -0.15) is 0 Å². The molecule has 0 N–H and O–H groups in total. The highest BCUT2D eigenvalue weighted by molar-refractivity contribution is 5.91. The lowest BCUT2D eigenvalue weighted by Gasteiger charge is -2.37. The van der Waals surface area contributed by atoms with Crippen LogP contribution in [0.15, 0.2) is 85.5 Å². The summed E-state index contributed by atoms with van der Waals surface area (Å²) in [6, 6.07) is 20.6. The molecule has 1 saturated heterocycles. The number of benzene rings is 3. The van der Waals surface area contributed by atoms with Crippen LogP contribution in [0.2, 0.25) is 0 Å². The van der Waals surface area contributed by atoms with Crippen molar-refractivity contribution in [3.05, 3.63) is 91.0 Å². The van der Waals surface area contributed by atoms with E-state index in [-0.39, 0.29) is 25.4 Å². The topological polar surface area (TPSA) is 117 Å². The first-order valence-corrected chi connectivity index (χ1v) is 15.5. The molecule has 1 aliphatic rings. The van der Waals surface area contributed by atoms with E-state index in [9.17, 15) is 9.59 Å². The van der Waals surface area contributed by atoms with Crippen LogP contribution >= 0.6 is 0 Å². The summed E-state index contributed by atoms with van der Waals surface area (Å²) in [6.07, 6.45) is 2.90. The van der Waals surface area contributed by atoms with E-state index < -0.39 is 11.9 Å². The summed E-state index contributed by atoms with van der Waals surface area (Å²) in [5.41, 5.74) is 0.592. The summed E-state index contributed by atoms with van der Waals surface area (Å²) >= 11 is 0. The van der Waals surface area contributed by atoms with Crippen molar-refractivity contribution in [2.24, 2.45) is 5.41 Å². The largest absolute Gasteiger partial charge is 0.494 e. The van der Waals surface area contributed by atoms with Gasteiger partial charge < -0.3 is 42.6 Å². The van der Waals surface area contributed by atoms with Crippen molar-refractivity contribution in [2.75, 3.05) is 66.3 Å². The average Bonchev–Trinajstić information content (AvgIpc) is 3.08. The number of rotatable bonds is 22. The third kappa shape index (κ3) is 13.0. The number of esters is 2. The molecule has 1 aliphatic heterocycles. The first kappa shape index (κ1) is 35.3. The SMILES string of the molecule is C=CC(=O)OCCOCCOc1ccc(OCOc2ccc(OC(=O)c3ccc(OCCCCOCC4(C)COC4)cc3)cc2)cc1. The summed E-state index contributed by atoms with van der Waals surface area (Å²) in [6.45, 7) is 10.2. The van der Waals surface area contributed by atoms with E-state index in [0.717, 1.165) is 38.7 Å². The Morgan fingerprint density at radius 1 is 0.681 bits per heavy atom. The van der Waals surface area contributed by atoms with Gasteiger partial charge in [0, 0.05) is 18.1 Å². The maximum absolute atomic E-state index is 12.6. The van der Waals surface area contributed by atoms with Crippen LogP contribution in [-0.4, -0.2) is 78.2 Å². The first-order valence-electron chi connectivity index (χ1n) is 15.5. The van der Waals surface area contributed by atoms with Crippen LogP contribution in [0.3, 0.4) is 0 Å². The quantitative estimate of drug-likeness (QED) is 0.0441. The second-order valence-electron chi connectivity index (χ2n) is 11.0. The number of hydrogen-bond donors (Lipinski definition) is 0. The fourth-order valence-electron chi connectivity index (χ4n) is 4.18. The second-order valence-corrected chi connectivity index (χ2v) is 11.0. The second kappa shape index (κ2) is 19.2. The summed E-state index contributed by atoms with van der Waals surface area (Å²) in [7, 11) is 0. The van der Waals surface area contributed by atoms with Crippen LogP contribution in [-0.2, 0) is 23.7 Å². The molecule has 1 fully saturated rings. The van der Waals surface area contributed by atoms with Crippen molar-refractivity contribution in [1.82, 2.24) is 0 Å². The fraction of sp³-hybridized carbons (Fsp3) is 0.389. The smallest absolute Gasteiger partial charge is 0.343 e. The first-order chi connectivity index (χ1) is 22.9. The van der Waals surface area contributed by atoms with Gasteiger partial charge >= 0.3 is 11.9 Å². The Morgan fingerprint density at radius 3 is 1.81 bits per heavy atom. The van der Waals surface area contributed by atoms with Gasteiger partial charge in [-0.3, -0.25) is 0 Å². The zero-order valence-corrected chi connectivity index (χ0v) is 26.7. The molecule has 0 aliphatic carbocycles. The van der Waals surface area contributed by atoms with Gasteiger partial charge in [-0.15, -0.1) is 0 Å². The standard InChI is InChI=1S/C36H42O11/c1-3-34(37)44-23-21-39-20-22-43-30-10-12-31(13-11-30)45-27-46-32-14-16-33(17-15-32)47-35(38)28-6-8-29(9-7-28)42-19-5-4-18-40-24-36(2)25-41-26-36/h3,6-17H,1,4-5,18-27H2,2H3. The number of ether oxygens (including phenoxy) is 9. The highest BCUT2D eigenvalue weighted by Gasteiger charge is 2.33. The highest BCUT2D eigenvalue weighted by atomic mass is 16.7. The van der Waals surface area contributed by atoms with Crippen LogP contribution in [0.1, 0.15) is 30.1 Å². The third-order valence-corrected chi connectivity index (χ3v) is 6.84. The van der Waals surface area contributed by atoms with E-state index in [1.807, 2.05) is 0 Å². The molecule has 252 valence electrons. The van der Waals surface area contributed by atoms with Crippen molar-refractivity contribution in [1.29, 1.82) is 0 Å². The lowest BCUT2D eigenvalue weighted by molar-refractivity contribution is -0.139. The Labute approximate surface area is 275 Å². The molecule has 47 heavy (non-hydrogen) atoms. The fourth-order valence-corrected chi connectivity index (χ4v) is 4.18. The highest BCUT2D eigenvalue weighted by Crippen LogP contribution is 2.26. The minimum Gasteiger partial charge on any atom is -0.494 e. The van der Waals surface area contributed by atoms with Crippen molar-refractivity contribution < 1.29 is 52.2 Å². The Kier molecular flexibility index (Phi) is 14.4. The molecule has 0 radical (unpaired) electrons. The molecular formula is C36H42O11. The number of unbranched alkanes of at least 4 members (excludes halogenated alkanes) is 1. The molecule has 1 heterocycles. The lowest BCUT2D eigenvalue weighted by Crippen LogP contribution is -2.43. The van der Waals surface area contributed by atoms with E-state index in [2.05, 4.69) is 13.5 Å². The normalized spacial score (nSPS) is 13.1. The summed E-state index contributed by atoms with van der Waals surface area (Å²) < 4.78 is 49.3. The Morgan fingerprint density at radius 2 is 1.21 bits per heavy atom. The van der Waals surface area contributed by atoms with Gasteiger partial charge in [0.15, 0.2) is 0 Å². The molecule has 3 aromatic carbocycles. The summed E-state index contributed by atoms with van der Waals surface area (Å²) in [5, 5.41) is 0. The zero-order chi connectivity index (χ0) is 33.2. The minimum atomic E-state index is -0.479. The van der Waals surface area contributed by atoms with Crippen molar-refractivity contribution in [3.8, 4) is 28.7 Å². The Bertz CT molecular complexity index is 1370. The zero-order valence-electron chi connectivity index (χ0n) is 26.7. The van der Waals surface area contributed by atoms with Crippen molar-refractivity contribution in [3.63, 3.8) is 0 Å². The van der Waals surface area contributed by atoms with E-state index in [1.54, 1.807) is 72.8 Å². The molecule has 0 spiro atoms. The molecule has 0 aromatic heterocycles. The number of carbonyl (C=O) groups excluding carboxylic acids is 2. The number of hydrogen-bond acceptors (Lipinski definition) is 11. The molecule has 11 nitrogen and oxygen atoms in total. The lowest BCUT2D eigenvalue weighted by atomic mass is 9.90. The van der Waals surface area contributed by atoms with Crippen LogP contribution in [0.5, 0.6) is 28.7 Å². The van der Waals surface area contributed by atoms with Crippen LogP contribution in [0, 0.1) is 5.41 Å². The predicted molar refractivity (Wildman–Crippen MR) is 172 cm³/mol. The van der Waals surface area contributed by atoms with Crippen molar-refractivity contribution >= 4 is 11.9 Å². The van der Waals surface area contributed by atoms with E-state index in [0.29, 0.717) is 60.7 Å². The summed E-state index contributed by atoms with van der Waals surface area (Å²) in [5.74, 6) is 1.96.